The zero-order valence-corrected chi connectivity index (χ0v) is 31.4. The van der Waals surface area contributed by atoms with E-state index >= 15 is 0 Å². The number of nitrogens with zero attached hydrogens (tertiary/aromatic N) is 1. The monoisotopic (exact) mass is 723 g/mol. The highest BCUT2D eigenvalue weighted by molar-refractivity contribution is 7.94. The Morgan fingerprint density at radius 2 is 1.34 bits per heavy atom. The first-order valence-corrected chi connectivity index (χ1v) is 17.9. The summed E-state index contributed by atoms with van der Waals surface area (Å²) >= 11 is 6.99. The molecule has 5 amide bonds. The van der Waals surface area contributed by atoms with Gasteiger partial charge < -0.3 is 30.2 Å². The first-order valence-electron chi connectivity index (χ1n) is 15.1. The summed E-state index contributed by atoms with van der Waals surface area (Å²) in [6, 6.07) is -1.25. The van der Waals surface area contributed by atoms with Gasteiger partial charge in [-0.25, -0.2) is 18.6 Å². The van der Waals surface area contributed by atoms with E-state index in [1.807, 2.05) is 13.8 Å². The quantitative estimate of drug-likeness (QED) is 0.150. The molecule has 0 saturated carbocycles. The Bertz CT molecular complexity index is 1380. The van der Waals surface area contributed by atoms with Gasteiger partial charge in [0.05, 0.1) is 5.02 Å². The van der Waals surface area contributed by atoms with Gasteiger partial charge in [-0.15, -0.1) is 15.7 Å². The molecule has 0 aliphatic heterocycles. The van der Waals surface area contributed by atoms with Gasteiger partial charge in [-0.05, 0) is 93.6 Å². The molecular formula is C30H50ClN5O9S2. The maximum absolute atomic E-state index is 14.4. The van der Waals surface area contributed by atoms with E-state index in [2.05, 4.69) is 25.0 Å². The molecule has 14 nitrogen and oxygen atoms in total. The Kier molecular flexibility index (Phi) is 15.5. The maximum atomic E-state index is 14.4. The third kappa shape index (κ3) is 17.6. The van der Waals surface area contributed by atoms with Crippen LogP contribution in [0.5, 0.6) is 0 Å². The van der Waals surface area contributed by atoms with Crippen molar-refractivity contribution in [3.05, 3.63) is 16.5 Å². The molecule has 0 fully saturated rings. The van der Waals surface area contributed by atoms with E-state index in [0.717, 1.165) is 11.3 Å². The minimum Gasteiger partial charge on any atom is -0.444 e. The lowest BCUT2D eigenvalue weighted by Crippen LogP contribution is -2.50. The van der Waals surface area contributed by atoms with Crippen LogP contribution in [0.15, 0.2) is 20.0 Å². The largest absolute Gasteiger partial charge is 0.444 e. The van der Waals surface area contributed by atoms with Crippen molar-refractivity contribution in [3.8, 4) is 0 Å². The van der Waals surface area contributed by atoms with Gasteiger partial charge in [-0.1, -0.05) is 25.4 Å². The zero-order valence-electron chi connectivity index (χ0n) is 29.0. The van der Waals surface area contributed by atoms with Crippen molar-refractivity contribution in [1.82, 2.24) is 20.7 Å². The van der Waals surface area contributed by atoms with E-state index in [4.69, 9.17) is 25.8 Å². The number of amides is 5. The minimum atomic E-state index is -4.04. The van der Waals surface area contributed by atoms with Crippen molar-refractivity contribution in [2.24, 2.45) is 10.3 Å². The van der Waals surface area contributed by atoms with Crippen LogP contribution in [0.1, 0.15) is 95.4 Å². The van der Waals surface area contributed by atoms with E-state index in [1.165, 1.54) is 11.4 Å². The van der Waals surface area contributed by atoms with Crippen LogP contribution < -0.4 is 20.7 Å². The topological polar surface area (TPSA) is 191 Å². The second kappa shape index (κ2) is 17.3. The molecule has 3 atom stereocenters. The second-order valence-electron chi connectivity index (χ2n) is 14.1. The number of halogens is 1. The van der Waals surface area contributed by atoms with E-state index in [1.54, 1.807) is 62.3 Å². The van der Waals surface area contributed by atoms with Gasteiger partial charge in [-0.2, -0.15) is 0 Å². The fourth-order valence-corrected chi connectivity index (χ4v) is 6.71. The van der Waals surface area contributed by atoms with Gasteiger partial charge in [0, 0.05) is 11.9 Å². The number of thiophene rings is 1. The molecule has 0 aliphatic carbocycles. The van der Waals surface area contributed by atoms with Crippen LogP contribution in [0.3, 0.4) is 0 Å². The molecule has 0 bridgehead atoms. The average Bonchev–Trinajstić information content (AvgIpc) is 3.28. The van der Waals surface area contributed by atoms with Crippen LogP contribution in [0.4, 0.5) is 14.4 Å². The summed E-state index contributed by atoms with van der Waals surface area (Å²) in [5.74, 6) is -2.01. The summed E-state index contributed by atoms with van der Waals surface area (Å²) in [5, 5.41) is 9.16. The van der Waals surface area contributed by atoms with Crippen LogP contribution in [0.2, 0.25) is 5.02 Å². The van der Waals surface area contributed by atoms with Crippen LogP contribution in [-0.4, -0.2) is 69.7 Å². The smallest absolute Gasteiger partial charge is 0.408 e. The molecule has 0 saturated heterocycles. The summed E-state index contributed by atoms with van der Waals surface area (Å²) in [7, 11) is -4.04. The number of rotatable bonds is 12. The van der Waals surface area contributed by atoms with Gasteiger partial charge in [0.2, 0.25) is 0 Å². The third-order valence-electron chi connectivity index (χ3n) is 5.31. The molecule has 1 aromatic rings. The van der Waals surface area contributed by atoms with E-state index in [9.17, 15) is 28.2 Å². The summed E-state index contributed by atoms with van der Waals surface area (Å²) in [6.07, 6.45) is -2.18. The number of alkyl carbamates (subject to hydrolysis) is 3. The van der Waals surface area contributed by atoms with Crippen molar-refractivity contribution >= 4 is 62.9 Å². The van der Waals surface area contributed by atoms with E-state index in [0.29, 0.717) is 0 Å². The Morgan fingerprint density at radius 3 is 1.79 bits per heavy atom. The fraction of sp³-hybridized carbons (Fsp3) is 0.700. The first kappa shape index (κ1) is 41.9. The fourth-order valence-electron chi connectivity index (χ4n) is 3.63. The standard InChI is InChI=1S/C30H50ClN5O9S2/c1-18(2)15-21(34-27(41)45-30(9,10)11)24(38)36-47(42,22-16-19(31)17-46-22)35-23(37)20(33-26(40)44-29(6,7)8)13-12-14-32-25(39)43-28(3,4)5/h16-18,20-21H,12-15H2,1-11H3,(H,32,39)(H,33,40)(H,34,41)(H,35,36,37,38,42)/t20-,21+,47?/m1/s1. The molecule has 1 rings (SSSR count). The number of hydrogen-bond donors (Lipinski definition) is 4. The van der Waals surface area contributed by atoms with Gasteiger partial charge in [-0.3, -0.25) is 14.3 Å². The molecule has 0 aromatic carbocycles. The number of carbonyl (C=O) groups is 5. The SMILES string of the molecule is CC(C)C[C@H](NC(=O)OC(C)(C)C)C(=O)N=S(=O)(NC(=O)[C@@H](CCCNC(=O)OC(C)(C)C)NC(=O)OC(C)(C)C)c1cc(Cl)cs1. The van der Waals surface area contributed by atoms with Crippen LogP contribution >= 0.6 is 22.9 Å². The number of nitrogens with one attached hydrogen (secondary N) is 4. The molecule has 0 spiro atoms. The predicted octanol–water partition coefficient (Wildman–Crippen LogP) is 5.92. The number of hydrogen-bond acceptors (Lipinski definition) is 10. The van der Waals surface area contributed by atoms with Gasteiger partial charge in [0.15, 0.2) is 9.92 Å². The molecule has 0 aliphatic rings. The van der Waals surface area contributed by atoms with E-state index in [-0.39, 0.29) is 41.0 Å². The van der Waals surface area contributed by atoms with Crippen molar-refractivity contribution in [3.63, 3.8) is 0 Å². The molecule has 1 aromatic heterocycles. The Morgan fingerprint density at radius 1 is 0.851 bits per heavy atom. The van der Waals surface area contributed by atoms with Gasteiger partial charge in [0.1, 0.15) is 33.1 Å². The summed E-state index contributed by atoms with van der Waals surface area (Å²) in [6.45, 7) is 18.8. The Balaban J connectivity index is 3.40. The van der Waals surface area contributed by atoms with Crippen molar-refractivity contribution < 1.29 is 42.4 Å². The minimum absolute atomic E-state index is 0.0348. The number of ether oxygens (including phenoxy) is 3. The highest BCUT2D eigenvalue weighted by atomic mass is 35.5. The summed E-state index contributed by atoms with van der Waals surface area (Å²) in [5.41, 5.74) is -2.45. The van der Waals surface area contributed by atoms with Crippen molar-refractivity contribution in [2.75, 3.05) is 6.54 Å². The lowest BCUT2D eigenvalue weighted by Gasteiger charge is -2.24. The highest BCUT2D eigenvalue weighted by Gasteiger charge is 2.31. The average molecular weight is 724 g/mol. The van der Waals surface area contributed by atoms with Crippen LogP contribution in [0, 0.1) is 5.92 Å². The van der Waals surface area contributed by atoms with Crippen LogP contribution in [0.25, 0.3) is 0 Å². The normalized spacial score (nSPS) is 14.6. The molecule has 17 heteroatoms. The molecule has 4 N–H and O–H groups in total. The summed E-state index contributed by atoms with van der Waals surface area (Å²) < 4.78 is 36.4. The zero-order chi connectivity index (χ0) is 36.4. The molecule has 0 radical (unpaired) electrons. The summed E-state index contributed by atoms with van der Waals surface area (Å²) in [4.78, 5) is 64.4. The first-order chi connectivity index (χ1) is 21.3. The Hall–Kier alpha value is -3.11. The van der Waals surface area contributed by atoms with Gasteiger partial charge >= 0.3 is 18.3 Å². The van der Waals surface area contributed by atoms with E-state index < -0.39 is 68.9 Å². The molecule has 268 valence electrons. The lowest BCUT2D eigenvalue weighted by molar-refractivity contribution is -0.121. The molecular weight excluding hydrogens is 674 g/mol. The highest BCUT2D eigenvalue weighted by Crippen LogP contribution is 2.26. The molecule has 47 heavy (non-hydrogen) atoms. The second-order valence-corrected chi connectivity index (χ2v) is 17.6. The van der Waals surface area contributed by atoms with Crippen LogP contribution in [-0.2, 0) is 33.7 Å². The molecule has 1 unspecified atom stereocenters. The molecule has 1 heterocycles. The third-order valence-corrected chi connectivity index (χ3v) is 8.93. The predicted molar refractivity (Wildman–Crippen MR) is 181 cm³/mol. The number of carbonyl (C=O) groups excluding carboxylic acids is 5. The van der Waals surface area contributed by atoms with Crippen molar-refractivity contribution in [2.45, 2.75) is 129 Å². The Labute approximate surface area is 287 Å². The van der Waals surface area contributed by atoms with Gasteiger partial charge in [0.25, 0.3) is 11.8 Å². The maximum Gasteiger partial charge on any atom is 0.408 e. The lowest BCUT2D eigenvalue weighted by atomic mass is 10.0. The van der Waals surface area contributed by atoms with Crippen molar-refractivity contribution in [1.29, 1.82) is 0 Å².